The zero-order valence-corrected chi connectivity index (χ0v) is 19.0. The highest BCUT2D eigenvalue weighted by atomic mass is 79.9. The molecule has 0 spiro atoms. The number of sulfone groups is 1. The van der Waals surface area contributed by atoms with Gasteiger partial charge >= 0.3 is 5.97 Å². The number of carbonyl (C=O) groups is 1. The molecule has 0 bridgehead atoms. The largest absolute Gasteiger partial charge is 0.497 e. The molecule has 1 heterocycles. The first kappa shape index (κ1) is 21.7. The summed E-state index contributed by atoms with van der Waals surface area (Å²) in [6.07, 6.45) is 0. The van der Waals surface area contributed by atoms with Gasteiger partial charge in [0.05, 0.1) is 23.3 Å². The van der Waals surface area contributed by atoms with E-state index in [1.807, 2.05) is 0 Å². The first-order valence-electron chi connectivity index (χ1n) is 9.26. The highest BCUT2D eigenvalue weighted by Gasteiger charge is 2.29. The number of carboxylic acids is 1. The fraction of sp³-hybridized carbons (Fsp3) is 0.0455. The summed E-state index contributed by atoms with van der Waals surface area (Å²) in [5, 5.41) is 17.2. The van der Waals surface area contributed by atoms with Crippen LogP contribution in [0.5, 0.6) is 5.75 Å². The Balaban J connectivity index is 1.97. The Kier molecular flexibility index (Phi) is 5.81. The molecule has 3 aromatic carbocycles. The average Bonchev–Trinajstić information content (AvgIpc) is 3.26. The van der Waals surface area contributed by atoms with Gasteiger partial charge in [0.25, 0.3) is 0 Å². The van der Waals surface area contributed by atoms with Gasteiger partial charge in [0.2, 0.25) is 14.9 Å². The third-order valence-electron chi connectivity index (χ3n) is 4.70. The van der Waals surface area contributed by atoms with Crippen LogP contribution in [0.25, 0.3) is 16.9 Å². The molecule has 0 aliphatic carbocycles. The minimum Gasteiger partial charge on any atom is -0.497 e. The number of aromatic nitrogens is 3. The molecule has 0 unspecified atom stereocenters. The average molecular weight is 514 g/mol. The molecule has 0 fully saturated rings. The van der Waals surface area contributed by atoms with Crippen LogP contribution in [0, 0.1) is 0 Å². The summed E-state index contributed by atoms with van der Waals surface area (Å²) in [6, 6.07) is 19.1. The number of carboxylic acid groups (broad SMARTS) is 1. The van der Waals surface area contributed by atoms with Crippen LogP contribution < -0.4 is 4.74 Å². The van der Waals surface area contributed by atoms with Gasteiger partial charge in [0.1, 0.15) is 11.4 Å². The fourth-order valence-corrected chi connectivity index (χ4v) is 4.75. The van der Waals surface area contributed by atoms with Crippen LogP contribution in [0.3, 0.4) is 0 Å². The Morgan fingerprint density at radius 2 is 1.75 bits per heavy atom. The first-order valence-corrected chi connectivity index (χ1v) is 11.5. The number of hydrogen-bond acceptors (Lipinski definition) is 6. The van der Waals surface area contributed by atoms with E-state index >= 15 is 0 Å². The number of halogens is 1. The highest BCUT2D eigenvalue weighted by molar-refractivity contribution is 9.10. The van der Waals surface area contributed by atoms with Crippen molar-refractivity contribution in [2.45, 2.75) is 9.92 Å². The van der Waals surface area contributed by atoms with Gasteiger partial charge in [-0.25, -0.2) is 17.9 Å². The zero-order valence-electron chi connectivity index (χ0n) is 16.6. The maximum atomic E-state index is 13.5. The van der Waals surface area contributed by atoms with Crippen molar-refractivity contribution < 1.29 is 23.1 Å². The van der Waals surface area contributed by atoms with Crippen molar-refractivity contribution in [3.05, 3.63) is 82.8 Å². The molecular formula is C22H16BrN3O5S. The van der Waals surface area contributed by atoms with Crippen LogP contribution >= 0.6 is 15.9 Å². The molecule has 0 aliphatic heterocycles. The van der Waals surface area contributed by atoms with Crippen LogP contribution in [0.15, 0.2) is 87.2 Å². The molecular weight excluding hydrogens is 498 g/mol. The Morgan fingerprint density at radius 1 is 1.03 bits per heavy atom. The number of ether oxygens (including phenoxy) is 1. The summed E-state index contributed by atoms with van der Waals surface area (Å²) in [5.74, 6) is -0.723. The third kappa shape index (κ3) is 4.02. The van der Waals surface area contributed by atoms with Gasteiger partial charge in [0, 0.05) is 10.0 Å². The van der Waals surface area contributed by atoms with Crippen molar-refractivity contribution in [2.75, 3.05) is 7.11 Å². The monoisotopic (exact) mass is 513 g/mol. The molecule has 10 heteroatoms. The van der Waals surface area contributed by atoms with Crippen molar-refractivity contribution in [3.8, 4) is 22.7 Å². The maximum absolute atomic E-state index is 13.5. The summed E-state index contributed by atoms with van der Waals surface area (Å²) < 4.78 is 34.3. The normalized spacial score (nSPS) is 11.3. The predicted molar refractivity (Wildman–Crippen MR) is 120 cm³/mol. The number of hydrogen-bond donors (Lipinski definition) is 1. The number of rotatable bonds is 6. The summed E-state index contributed by atoms with van der Waals surface area (Å²) in [7, 11) is -2.63. The maximum Gasteiger partial charge on any atom is 0.335 e. The van der Waals surface area contributed by atoms with Crippen molar-refractivity contribution >= 4 is 31.7 Å². The molecule has 162 valence electrons. The van der Waals surface area contributed by atoms with Gasteiger partial charge in [-0.2, -0.15) is 0 Å². The minimum absolute atomic E-state index is 0.00143. The fourth-order valence-electron chi connectivity index (χ4n) is 3.13. The SMILES string of the molecule is COc1cccc(S(=O)(=O)c2nnn(-c3cccc(C(=O)O)c3)c2-c2ccc(Br)cc2)c1. The standard InChI is InChI=1S/C22H16BrN3O5S/c1-31-18-6-3-7-19(13-18)32(29,30)21-20(14-8-10-16(23)11-9-14)26(25-24-21)17-5-2-4-15(12-17)22(27)28/h2-13H,1H3,(H,27,28). The second-order valence-electron chi connectivity index (χ2n) is 6.70. The van der Waals surface area contributed by atoms with Crippen LogP contribution in [0.4, 0.5) is 0 Å². The summed E-state index contributed by atoms with van der Waals surface area (Å²) in [6.45, 7) is 0. The zero-order chi connectivity index (χ0) is 22.9. The second kappa shape index (κ2) is 8.56. The molecule has 0 saturated heterocycles. The summed E-state index contributed by atoms with van der Waals surface area (Å²) in [5.41, 5.74) is 1.16. The van der Waals surface area contributed by atoms with Gasteiger partial charge in [-0.15, -0.1) is 5.10 Å². The van der Waals surface area contributed by atoms with E-state index in [9.17, 15) is 18.3 Å². The highest BCUT2D eigenvalue weighted by Crippen LogP contribution is 2.33. The molecule has 4 aromatic rings. The van der Waals surface area contributed by atoms with Gasteiger partial charge < -0.3 is 9.84 Å². The van der Waals surface area contributed by atoms with E-state index in [0.717, 1.165) is 4.47 Å². The molecule has 1 aromatic heterocycles. The molecule has 0 radical (unpaired) electrons. The summed E-state index contributed by atoms with van der Waals surface area (Å²) in [4.78, 5) is 11.4. The van der Waals surface area contributed by atoms with Crippen molar-refractivity contribution in [2.24, 2.45) is 0 Å². The van der Waals surface area contributed by atoms with E-state index in [2.05, 4.69) is 26.2 Å². The van der Waals surface area contributed by atoms with Gasteiger partial charge in [-0.05, 0) is 48.5 Å². The number of methoxy groups -OCH3 is 1. The van der Waals surface area contributed by atoms with E-state index in [1.165, 1.54) is 36.1 Å². The Bertz CT molecular complexity index is 1420. The molecule has 1 N–H and O–H groups in total. The molecule has 0 saturated carbocycles. The van der Waals surface area contributed by atoms with Crippen LogP contribution in [-0.4, -0.2) is 41.6 Å². The molecule has 32 heavy (non-hydrogen) atoms. The number of aromatic carboxylic acids is 1. The Hall–Kier alpha value is -3.50. The van der Waals surface area contributed by atoms with Crippen molar-refractivity contribution in [1.29, 1.82) is 0 Å². The van der Waals surface area contributed by atoms with Gasteiger partial charge in [-0.3, -0.25) is 0 Å². The Morgan fingerprint density at radius 3 is 2.44 bits per heavy atom. The number of nitrogens with zero attached hydrogens (tertiary/aromatic N) is 3. The molecule has 4 rings (SSSR count). The Labute approximate surface area is 192 Å². The molecule has 0 atom stereocenters. The van der Waals surface area contributed by atoms with Crippen LogP contribution in [0.1, 0.15) is 10.4 Å². The van der Waals surface area contributed by atoms with E-state index < -0.39 is 15.8 Å². The number of benzene rings is 3. The lowest BCUT2D eigenvalue weighted by Crippen LogP contribution is -2.07. The van der Waals surface area contributed by atoms with E-state index in [1.54, 1.807) is 48.5 Å². The molecule has 0 amide bonds. The lowest BCUT2D eigenvalue weighted by Gasteiger charge is -2.10. The molecule has 8 nitrogen and oxygen atoms in total. The quantitative estimate of drug-likeness (QED) is 0.410. The predicted octanol–water partition coefficient (Wildman–Crippen LogP) is 4.24. The van der Waals surface area contributed by atoms with E-state index in [0.29, 0.717) is 17.0 Å². The minimum atomic E-state index is -4.08. The lowest BCUT2D eigenvalue weighted by molar-refractivity contribution is 0.0697. The van der Waals surface area contributed by atoms with Crippen LogP contribution in [-0.2, 0) is 9.84 Å². The topological polar surface area (TPSA) is 111 Å². The smallest absolute Gasteiger partial charge is 0.335 e. The molecule has 0 aliphatic rings. The van der Waals surface area contributed by atoms with Crippen molar-refractivity contribution in [1.82, 2.24) is 15.0 Å². The lowest BCUT2D eigenvalue weighted by atomic mass is 10.1. The van der Waals surface area contributed by atoms with E-state index in [4.69, 9.17) is 4.74 Å². The summed E-state index contributed by atoms with van der Waals surface area (Å²) >= 11 is 3.37. The van der Waals surface area contributed by atoms with Crippen LogP contribution in [0.2, 0.25) is 0 Å². The van der Waals surface area contributed by atoms with Gasteiger partial charge in [-0.1, -0.05) is 45.4 Å². The van der Waals surface area contributed by atoms with E-state index in [-0.39, 0.29) is 21.2 Å². The second-order valence-corrected chi connectivity index (χ2v) is 9.48. The first-order chi connectivity index (χ1) is 15.3. The van der Waals surface area contributed by atoms with Gasteiger partial charge in [0.15, 0.2) is 0 Å². The third-order valence-corrected chi connectivity index (χ3v) is 6.89. The van der Waals surface area contributed by atoms with Crippen molar-refractivity contribution in [3.63, 3.8) is 0 Å².